The first kappa shape index (κ1) is 10.8. The average Bonchev–Trinajstić information content (AvgIpc) is 2.55. The van der Waals surface area contributed by atoms with Gasteiger partial charge in [-0.3, -0.25) is 4.79 Å². The summed E-state index contributed by atoms with van der Waals surface area (Å²) < 4.78 is 1.63. The Labute approximate surface area is 97.2 Å². The second-order valence-corrected chi connectivity index (χ2v) is 3.80. The number of hydrogen-bond donors (Lipinski definition) is 2. The largest absolute Gasteiger partial charge is 0.369 e. The fraction of sp³-hybridized carbons (Fsp3) is 0.200. The van der Waals surface area contributed by atoms with Gasteiger partial charge < -0.3 is 15.6 Å². The molecular formula is C10H11ClN4O. The van der Waals surface area contributed by atoms with Crippen molar-refractivity contribution in [3.05, 3.63) is 23.2 Å². The Morgan fingerprint density at radius 2 is 2.38 bits per heavy atom. The van der Waals surface area contributed by atoms with Crippen molar-refractivity contribution in [2.24, 2.45) is 0 Å². The highest BCUT2D eigenvalue weighted by Gasteiger charge is 2.10. The van der Waals surface area contributed by atoms with E-state index in [9.17, 15) is 4.79 Å². The molecule has 0 saturated heterocycles. The molecule has 0 bridgehead atoms. The van der Waals surface area contributed by atoms with Crippen molar-refractivity contribution in [3.63, 3.8) is 0 Å². The maximum absolute atomic E-state index is 11.3. The maximum atomic E-state index is 11.3. The van der Waals surface area contributed by atoms with E-state index in [4.69, 9.17) is 17.3 Å². The van der Waals surface area contributed by atoms with Crippen LogP contribution in [0.3, 0.4) is 0 Å². The number of imidazole rings is 1. The summed E-state index contributed by atoms with van der Waals surface area (Å²) in [4.78, 5) is 15.5. The zero-order chi connectivity index (χ0) is 11.7. The van der Waals surface area contributed by atoms with Crippen molar-refractivity contribution in [2.75, 3.05) is 12.8 Å². The highest BCUT2D eigenvalue weighted by molar-refractivity contribution is 6.31. The number of carbonyl (C=O) groups is 1. The number of carbonyl (C=O) groups excluding carboxylic acids is 1. The van der Waals surface area contributed by atoms with Crippen LogP contribution >= 0.6 is 11.6 Å². The molecule has 0 atom stereocenters. The van der Waals surface area contributed by atoms with Crippen LogP contribution in [0.25, 0.3) is 11.0 Å². The maximum Gasteiger partial charge on any atom is 0.239 e. The molecule has 2 rings (SSSR count). The van der Waals surface area contributed by atoms with Crippen molar-refractivity contribution in [3.8, 4) is 0 Å². The first-order chi connectivity index (χ1) is 7.61. The van der Waals surface area contributed by atoms with Crippen LogP contribution in [0.4, 0.5) is 5.95 Å². The quantitative estimate of drug-likeness (QED) is 0.821. The lowest BCUT2D eigenvalue weighted by molar-refractivity contribution is -0.121. The Balaban J connectivity index is 2.54. The molecule has 6 heteroatoms. The van der Waals surface area contributed by atoms with Gasteiger partial charge in [0.1, 0.15) is 6.54 Å². The van der Waals surface area contributed by atoms with E-state index in [1.807, 2.05) is 0 Å². The molecular weight excluding hydrogens is 228 g/mol. The second kappa shape index (κ2) is 4.02. The van der Waals surface area contributed by atoms with Crippen molar-refractivity contribution < 1.29 is 4.79 Å². The van der Waals surface area contributed by atoms with Crippen LogP contribution in [0.1, 0.15) is 0 Å². The molecule has 5 nitrogen and oxygen atoms in total. The van der Waals surface area contributed by atoms with Crippen LogP contribution in [0.5, 0.6) is 0 Å². The Bertz CT molecular complexity index is 549. The number of nitrogens with two attached hydrogens (primary N) is 1. The number of nitrogens with one attached hydrogen (secondary N) is 1. The minimum absolute atomic E-state index is 0.133. The SMILES string of the molecule is CNC(=O)Cn1c(N)nc2ccc(Cl)cc21. The van der Waals surface area contributed by atoms with Crippen molar-refractivity contribution >= 4 is 34.5 Å². The molecule has 1 aromatic carbocycles. The highest BCUT2D eigenvalue weighted by Crippen LogP contribution is 2.21. The van der Waals surface area contributed by atoms with E-state index in [1.54, 1.807) is 29.8 Å². The molecule has 0 aliphatic carbocycles. The van der Waals surface area contributed by atoms with E-state index in [0.29, 0.717) is 11.0 Å². The molecule has 0 aliphatic rings. The third-order valence-corrected chi connectivity index (χ3v) is 2.56. The number of rotatable bonds is 2. The molecule has 1 aromatic heterocycles. The van der Waals surface area contributed by atoms with Crippen LogP contribution < -0.4 is 11.1 Å². The molecule has 84 valence electrons. The van der Waals surface area contributed by atoms with E-state index in [1.165, 1.54) is 0 Å². The van der Waals surface area contributed by atoms with Gasteiger partial charge >= 0.3 is 0 Å². The van der Waals surface area contributed by atoms with Gasteiger partial charge in [0, 0.05) is 12.1 Å². The number of amides is 1. The molecule has 0 radical (unpaired) electrons. The normalized spacial score (nSPS) is 10.6. The smallest absolute Gasteiger partial charge is 0.239 e. The first-order valence-electron chi connectivity index (χ1n) is 4.73. The Morgan fingerprint density at radius 1 is 1.62 bits per heavy atom. The molecule has 3 N–H and O–H groups in total. The Kier molecular flexibility index (Phi) is 2.70. The van der Waals surface area contributed by atoms with Crippen molar-refractivity contribution in [2.45, 2.75) is 6.54 Å². The third-order valence-electron chi connectivity index (χ3n) is 2.32. The topological polar surface area (TPSA) is 72.9 Å². The summed E-state index contributed by atoms with van der Waals surface area (Å²) in [6, 6.07) is 5.25. The molecule has 0 unspecified atom stereocenters. The summed E-state index contributed by atoms with van der Waals surface area (Å²) in [5.41, 5.74) is 7.22. The van der Waals surface area contributed by atoms with Gasteiger partial charge in [-0.2, -0.15) is 0 Å². The lowest BCUT2D eigenvalue weighted by Gasteiger charge is -2.04. The van der Waals surface area contributed by atoms with Crippen LogP contribution in [0.15, 0.2) is 18.2 Å². The van der Waals surface area contributed by atoms with Crippen LogP contribution in [0, 0.1) is 0 Å². The predicted octanol–water partition coefficient (Wildman–Crippen LogP) is 1.02. The van der Waals surface area contributed by atoms with Crippen molar-refractivity contribution in [1.82, 2.24) is 14.9 Å². The number of aromatic nitrogens is 2. The fourth-order valence-corrected chi connectivity index (χ4v) is 1.67. The zero-order valence-corrected chi connectivity index (χ0v) is 9.45. The van der Waals surface area contributed by atoms with Gasteiger partial charge in [-0.25, -0.2) is 4.98 Å². The number of fused-ring (bicyclic) bond motifs is 1. The molecule has 2 aromatic rings. The van der Waals surface area contributed by atoms with E-state index >= 15 is 0 Å². The molecule has 0 fully saturated rings. The summed E-state index contributed by atoms with van der Waals surface area (Å²) in [5, 5.41) is 3.12. The van der Waals surface area contributed by atoms with E-state index in [0.717, 1.165) is 11.0 Å². The number of likely N-dealkylation sites (N-methyl/N-ethyl adjacent to an activating group) is 1. The van der Waals surface area contributed by atoms with Crippen molar-refractivity contribution in [1.29, 1.82) is 0 Å². The molecule has 0 spiro atoms. The number of halogens is 1. The first-order valence-corrected chi connectivity index (χ1v) is 5.11. The fourth-order valence-electron chi connectivity index (χ4n) is 1.50. The standard InChI is InChI=1S/C10H11ClN4O/c1-13-9(16)5-15-8-4-6(11)2-3-7(8)14-10(15)12/h2-4H,5H2,1H3,(H2,12,14)(H,13,16). The van der Waals surface area contributed by atoms with Crippen LogP contribution in [0.2, 0.25) is 5.02 Å². The van der Waals surface area contributed by atoms with E-state index < -0.39 is 0 Å². The third kappa shape index (κ3) is 1.81. The number of benzene rings is 1. The molecule has 1 heterocycles. The molecule has 1 amide bonds. The number of hydrogen-bond acceptors (Lipinski definition) is 3. The molecule has 0 aliphatic heterocycles. The summed E-state index contributed by atoms with van der Waals surface area (Å²) in [5.74, 6) is 0.173. The van der Waals surface area contributed by atoms with Gasteiger partial charge in [0.05, 0.1) is 11.0 Å². The van der Waals surface area contributed by atoms with Crippen LogP contribution in [-0.2, 0) is 11.3 Å². The second-order valence-electron chi connectivity index (χ2n) is 3.36. The van der Waals surface area contributed by atoms with E-state index in [-0.39, 0.29) is 12.5 Å². The highest BCUT2D eigenvalue weighted by atomic mass is 35.5. The van der Waals surface area contributed by atoms with Gasteiger partial charge in [-0.1, -0.05) is 11.6 Å². The number of anilines is 1. The van der Waals surface area contributed by atoms with Gasteiger partial charge in [-0.15, -0.1) is 0 Å². The molecule has 16 heavy (non-hydrogen) atoms. The molecule has 0 saturated carbocycles. The predicted molar refractivity (Wildman–Crippen MR) is 63.2 cm³/mol. The average molecular weight is 239 g/mol. The van der Waals surface area contributed by atoms with E-state index in [2.05, 4.69) is 10.3 Å². The minimum atomic E-state index is -0.133. The van der Waals surface area contributed by atoms with Gasteiger partial charge in [0.15, 0.2) is 0 Å². The Hall–Kier alpha value is -1.75. The monoisotopic (exact) mass is 238 g/mol. The summed E-state index contributed by atoms with van der Waals surface area (Å²) in [6.45, 7) is 0.138. The minimum Gasteiger partial charge on any atom is -0.369 e. The number of nitrogen functional groups attached to an aromatic ring is 1. The lowest BCUT2D eigenvalue weighted by atomic mass is 10.3. The summed E-state index contributed by atoms with van der Waals surface area (Å²) >= 11 is 5.89. The summed E-state index contributed by atoms with van der Waals surface area (Å²) in [7, 11) is 1.57. The Morgan fingerprint density at radius 3 is 3.06 bits per heavy atom. The van der Waals surface area contributed by atoms with Gasteiger partial charge in [0.25, 0.3) is 0 Å². The zero-order valence-electron chi connectivity index (χ0n) is 8.70. The van der Waals surface area contributed by atoms with Gasteiger partial charge in [0.2, 0.25) is 11.9 Å². The van der Waals surface area contributed by atoms with Gasteiger partial charge in [-0.05, 0) is 18.2 Å². The summed E-state index contributed by atoms with van der Waals surface area (Å²) in [6.07, 6.45) is 0. The number of nitrogens with zero attached hydrogens (tertiary/aromatic N) is 2. The lowest BCUT2D eigenvalue weighted by Crippen LogP contribution is -2.24. The van der Waals surface area contributed by atoms with Crippen LogP contribution in [-0.4, -0.2) is 22.5 Å².